The summed E-state index contributed by atoms with van der Waals surface area (Å²) in [6, 6.07) is 0. The molecule has 0 spiro atoms. The van der Waals surface area contributed by atoms with Crippen LogP contribution in [0, 0.1) is 12.2 Å². The molecule has 0 aromatic rings. The van der Waals surface area contributed by atoms with Crippen LogP contribution in [0.3, 0.4) is 0 Å². The van der Waals surface area contributed by atoms with E-state index in [1.54, 1.807) is 10.4 Å². The zero-order valence-corrected chi connectivity index (χ0v) is 22.0. The van der Waals surface area contributed by atoms with Crippen LogP contribution >= 0.6 is 24.8 Å². The van der Waals surface area contributed by atoms with Crippen LogP contribution in [0.2, 0.25) is 39.3 Å². The van der Waals surface area contributed by atoms with Gasteiger partial charge in [0.2, 0.25) is 0 Å². The molecule has 0 saturated heterocycles. The second kappa shape index (κ2) is 11.5. The number of rotatable bonds is 2. The molecule has 0 aliphatic heterocycles. The molecule has 0 amide bonds. The zero-order chi connectivity index (χ0) is 15.6. The van der Waals surface area contributed by atoms with Crippen LogP contribution in [0.1, 0.15) is 26.7 Å². The van der Waals surface area contributed by atoms with Gasteiger partial charge in [0.1, 0.15) is 0 Å². The van der Waals surface area contributed by atoms with Crippen molar-refractivity contribution in [1.82, 2.24) is 0 Å². The van der Waals surface area contributed by atoms with E-state index in [2.05, 4.69) is 77.4 Å². The molecule has 0 heterocycles. The van der Waals surface area contributed by atoms with Crippen LogP contribution in [0.15, 0.2) is 33.7 Å². The van der Waals surface area contributed by atoms with Gasteiger partial charge in [0.05, 0.1) is 0 Å². The number of halogens is 2. The Morgan fingerprint density at radius 2 is 0.957 bits per heavy atom. The molecule has 5 heteroatoms. The van der Waals surface area contributed by atoms with Crippen molar-refractivity contribution in [3.05, 3.63) is 45.8 Å². The van der Waals surface area contributed by atoms with Crippen LogP contribution < -0.4 is 0 Å². The van der Waals surface area contributed by atoms with Gasteiger partial charge in [-0.1, -0.05) is 53.1 Å². The summed E-state index contributed by atoms with van der Waals surface area (Å²) in [5.41, 5.74) is 2.80. The molecule has 2 aliphatic rings. The van der Waals surface area contributed by atoms with Crippen molar-refractivity contribution in [2.45, 2.75) is 66.0 Å². The summed E-state index contributed by atoms with van der Waals surface area (Å²) in [5, 5.41) is 3.21. The van der Waals surface area contributed by atoms with E-state index < -0.39 is 16.1 Å². The van der Waals surface area contributed by atoms with Crippen LogP contribution in [0.5, 0.6) is 0 Å². The van der Waals surface area contributed by atoms with Gasteiger partial charge in [-0.25, -0.2) is 21.5 Å². The maximum absolute atomic E-state index is 3.33. The Balaban J connectivity index is -0.000000308. The van der Waals surface area contributed by atoms with E-state index in [0.717, 1.165) is 12.8 Å². The fraction of sp³-hybridized carbons (Fsp3) is 0.556. The third kappa shape index (κ3) is 9.21. The molecular formula is C18H32Cl2Si2Zr. The van der Waals surface area contributed by atoms with Gasteiger partial charge in [-0.2, -0.15) is 12.2 Å². The molecule has 0 aromatic heterocycles. The summed E-state index contributed by atoms with van der Waals surface area (Å²) in [5.74, 6) is 0. The van der Waals surface area contributed by atoms with Gasteiger partial charge in [0.25, 0.3) is 0 Å². The quantitative estimate of drug-likeness (QED) is 0.313. The van der Waals surface area contributed by atoms with Gasteiger partial charge < -0.3 is 0 Å². The van der Waals surface area contributed by atoms with Gasteiger partial charge in [-0.05, 0) is 16.1 Å². The van der Waals surface area contributed by atoms with E-state index >= 15 is 0 Å². The smallest absolute Gasteiger partial charge is 0.270 e. The first-order valence-corrected chi connectivity index (χ1v) is 14.6. The third-order valence-corrected chi connectivity index (χ3v) is 8.16. The Morgan fingerprint density at radius 3 is 1.04 bits per heavy atom. The first-order valence-electron chi connectivity index (χ1n) is 7.60. The van der Waals surface area contributed by atoms with Gasteiger partial charge in [0, 0.05) is 0 Å². The Labute approximate surface area is 177 Å². The van der Waals surface area contributed by atoms with Crippen LogP contribution in [0.4, 0.5) is 0 Å². The normalized spacial score (nSPS) is 16.3. The second-order valence-corrected chi connectivity index (χ2v) is 17.8. The van der Waals surface area contributed by atoms with E-state index in [9.17, 15) is 0 Å². The predicted octanol–water partition coefficient (Wildman–Crippen LogP) is 6.73. The minimum Gasteiger partial charge on any atom is -0.270 e. The van der Waals surface area contributed by atoms with Crippen molar-refractivity contribution in [3.8, 4) is 0 Å². The molecule has 0 radical (unpaired) electrons. The van der Waals surface area contributed by atoms with E-state index in [1.807, 2.05) is 0 Å². The van der Waals surface area contributed by atoms with Gasteiger partial charge >= 0.3 is 26.2 Å². The average molecular weight is 467 g/mol. The van der Waals surface area contributed by atoms with Crippen molar-refractivity contribution in [2.24, 2.45) is 0 Å². The van der Waals surface area contributed by atoms with Crippen LogP contribution in [-0.2, 0) is 26.2 Å². The van der Waals surface area contributed by atoms with Crippen LogP contribution in [-0.4, -0.2) is 16.1 Å². The molecule has 2 aliphatic carbocycles. The first kappa shape index (κ1) is 28.7. The summed E-state index contributed by atoms with van der Waals surface area (Å²) >= 11 is 0. The molecule has 0 saturated carbocycles. The number of hydrogen-bond donors (Lipinski definition) is 0. The largest absolute Gasteiger partial charge is 2.00 e. The topological polar surface area (TPSA) is 0 Å². The fourth-order valence-corrected chi connectivity index (χ4v) is 6.70. The summed E-state index contributed by atoms with van der Waals surface area (Å²) < 4.78 is 0. The maximum atomic E-state index is 3.33. The Hall–Kier alpha value is 0.857. The summed E-state index contributed by atoms with van der Waals surface area (Å²) in [4.78, 5) is 0. The van der Waals surface area contributed by atoms with E-state index in [1.165, 1.54) is 11.1 Å². The van der Waals surface area contributed by atoms with Crippen molar-refractivity contribution >= 4 is 41.0 Å². The van der Waals surface area contributed by atoms with E-state index in [-0.39, 0.29) is 51.0 Å². The van der Waals surface area contributed by atoms with E-state index in [4.69, 9.17) is 0 Å². The fourth-order valence-electron chi connectivity index (χ4n) is 2.85. The maximum Gasteiger partial charge on any atom is 2.00 e. The second-order valence-electron chi connectivity index (χ2n) is 7.75. The minimum absolute atomic E-state index is 0. The Bertz CT molecular complexity index is 444. The first-order chi connectivity index (χ1) is 9.03. The zero-order valence-electron chi connectivity index (χ0n) is 15.9. The van der Waals surface area contributed by atoms with Crippen molar-refractivity contribution in [2.75, 3.05) is 0 Å². The average Bonchev–Trinajstić information content (AvgIpc) is 2.85. The molecule has 0 nitrogen and oxygen atoms in total. The van der Waals surface area contributed by atoms with Crippen molar-refractivity contribution < 1.29 is 26.2 Å². The van der Waals surface area contributed by atoms with Gasteiger partial charge in [0.15, 0.2) is 0 Å². The minimum atomic E-state index is -1.03. The number of hydrogen-bond acceptors (Lipinski definition) is 0. The summed E-state index contributed by atoms with van der Waals surface area (Å²) in [6.07, 6.45) is 13.4. The Morgan fingerprint density at radius 1 is 0.696 bits per heavy atom. The number of allylic oxidation sites excluding steroid dienone is 8. The predicted molar refractivity (Wildman–Crippen MR) is 111 cm³/mol. The molecule has 0 N–H and O–H groups in total. The summed E-state index contributed by atoms with van der Waals surface area (Å²) in [6.45, 7) is 18.7. The molecule has 130 valence electrons. The molecular weight excluding hydrogens is 434 g/mol. The molecule has 0 aromatic carbocycles. The van der Waals surface area contributed by atoms with Crippen molar-refractivity contribution in [3.63, 3.8) is 0 Å². The molecule has 0 bridgehead atoms. The SMILES string of the molecule is CC1=[C-]CC=C1[Si](C)(C)C.CC1=[C-]CC=C1[Si](C)(C)C.Cl.Cl.[Zr+2]. The van der Waals surface area contributed by atoms with Gasteiger partial charge in [-0.15, -0.1) is 37.7 Å². The van der Waals surface area contributed by atoms with Crippen molar-refractivity contribution in [1.29, 1.82) is 0 Å². The Kier molecular flexibility index (Phi) is 14.3. The molecule has 0 fully saturated rings. The van der Waals surface area contributed by atoms with Gasteiger partial charge in [-0.3, -0.25) is 12.2 Å². The molecule has 0 atom stereocenters. The summed E-state index contributed by atoms with van der Waals surface area (Å²) in [7, 11) is -2.05. The third-order valence-electron chi connectivity index (χ3n) is 3.77. The molecule has 23 heavy (non-hydrogen) atoms. The van der Waals surface area contributed by atoms with E-state index in [0.29, 0.717) is 0 Å². The standard InChI is InChI=1S/2C9H15Si.2ClH.Zr/c2*1-8-6-5-7-9(8)10(2,3)4;;;/h2*7H,5H2,1-4H3;2*1H;/q2*-1;;;+2. The molecule has 2 rings (SSSR count). The molecule has 0 unspecified atom stereocenters. The monoisotopic (exact) mass is 464 g/mol. The van der Waals surface area contributed by atoms with Crippen LogP contribution in [0.25, 0.3) is 0 Å².